The minimum Gasteiger partial charge on any atom is -0.384 e. The molecule has 0 amide bonds. The highest BCUT2D eigenvalue weighted by Crippen LogP contribution is 2.24. The van der Waals surface area contributed by atoms with Gasteiger partial charge in [0, 0.05) is 28.4 Å². The van der Waals surface area contributed by atoms with E-state index in [1.165, 1.54) is 10.9 Å². The Labute approximate surface area is 115 Å². The van der Waals surface area contributed by atoms with E-state index in [2.05, 4.69) is 34.2 Å². The highest BCUT2D eigenvalue weighted by Gasteiger charge is 1.99. The SMILES string of the molecule is Nc1ccc(SCc2ccc3ncccc3c2)cn1. The fourth-order valence-corrected chi connectivity index (χ4v) is 2.66. The van der Waals surface area contributed by atoms with E-state index in [1.807, 2.05) is 30.6 Å². The number of thioether (sulfide) groups is 1. The summed E-state index contributed by atoms with van der Waals surface area (Å²) in [4.78, 5) is 9.53. The maximum absolute atomic E-state index is 5.57. The van der Waals surface area contributed by atoms with Crippen molar-refractivity contribution in [3.8, 4) is 0 Å². The first-order valence-corrected chi connectivity index (χ1v) is 6.98. The zero-order valence-corrected chi connectivity index (χ0v) is 11.1. The van der Waals surface area contributed by atoms with E-state index in [1.54, 1.807) is 11.8 Å². The van der Waals surface area contributed by atoms with Crippen molar-refractivity contribution in [1.82, 2.24) is 9.97 Å². The Kier molecular flexibility index (Phi) is 3.33. The van der Waals surface area contributed by atoms with Crippen molar-refractivity contribution in [2.24, 2.45) is 0 Å². The fraction of sp³-hybridized carbons (Fsp3) is 0.0667. The zero-order valence-electron chi connectivity index (χ0n) is 10.3. The first-order valence-electron chi connectivity index (χ1n) is 5.99. The van der Waals surface area contributed by atoms with Crippen molar-refractivity contribution in [1.29, 1.82) is 0 Å². The number of anilines is 1. The van der Waals surface area contributed by atoms with Gasteiger partial charge in [0.2, 0.25) is 0 Å². The third kappa shape index (κ3) is 2.85. The van der Waals surface area contributed by atoms with Crippen LogP contribution < -0.4 is 5.73 Å². The summed E-state index contributed by atoms with van der Waals surface area (Å²) < 4.78 is 0. The summed E-state index contributed by atoms with van der Waals surface area (Å²) in [5.74, 6) is 1.47. The van der Waals surface area contributed by atoms with Crippen LogP contribution in [0.25, 0.3) is 10.9 Å². The molecule has 94 valence electrons. The van der Waals surface area contributed by atoms with Gasteiger partial charge in [0.1, 0.15) is 5.82 Å². The molecule has 2 N–H and O–H groups in total. The Morgan fingerprint density at radius 3 is 2.84 bits per heavy atom. The van der Waals surface area contributed by atoms with Gasteiger partial charge in [-0.3, -0.25) is 4.98 Å². The summed E-state index contributed by atoms with van der Waals surface area (Å²) in [6.45, 7) is 0. The standard InChI is InChI=1S/C15H13N3S/c16-15-6-4-13(9-18-15)19-10-11-3-5-14-12(8-11)2-1-7-17-14/h1-9H,10H2,(H2,16,18). The number of hydrogen-bond donors (Lipinski definition) is 1. The number of rotatable bonds is 3. The lowest BCUT2D eigenvalue weighted by molar-refractivity contribution is 1.24. The van der Waals surface area contributed by atoms with Crippen LogP contribution >= 0.6 is 11.8 Å². The monoisotopic (exact) mass is 267 g/mol. The Bertz CT molecular complexity index is 695. The molecule has 0 spiro atoms. The molecule has 3 rings (SSSR count). The second kappa shape index (κ2) is 5.28. The molecule has 0 aliphatic carbocycles. The molecular formula is C15H13N3S. The summed E-state index contributed by atoms with van der Waals surface area (Å²) in [6.07, 6.45) is 3.62. The minimum absolute atomic E-state index is 0.557. The number of nitrogens with zero attached hydrogens (tertiary/aromatic N) is 2. The van der Waals surface area contributed by atoms with Gasteiger partial charge in [-0.25, -0.2) is 4.98 Å². The molecule has 19 heavy (non-hydrogen) atoms. The second-order valence-electron chi connectivity index (χ2n) is 4.24. The summed E-state index contributed by atoms with van der Waals surface area (Å²) in [6, 6.07) is 14.2. The average molecular weight is 267 g/mol. The molecule has 0 atom stereocenters. The largest absolute Gasteiger partial charge is 0.384 e. The van der Waals surface area contributed by atoms with Crippen molar-refractivity contribution in [3.63, 3.8) is 0 Å². The maximum atomic E-state index is 5.57. The predicted octanol–water partition coefficient (Wildman–Crippen LogP) is 3.50. The van der Waals surface area contributed by atoms with Gasteiger partial charge in [0.15, 0.2) is 0 Å². The highest BCUT2D eigenvalue weighted by atomic mass is 32.2. The number of pyridine rings is 2. The smallest absolute Gasteiger partial charge is 0.123 e. The topological polar surface area (TPSA) is 51.8 Å². The number of nitrogen functional groups attached to an aromatic ring is 1. The van der Waals surface area contributed by atoms with Crippen LogP contribution in [0.4, 0.5) is 5.82 Å². The Balaban J connectivity index is 1.76. The Hall–Kier alpha value is -2.07. The van der Waals surface area contributed by atoms with Crippen LogP contribution in [0, 0.1) is 0 Å². The molecule has 3 aromatic rings. The summed E-state index contributed by atoms with van der Waals surface area (Å²) >= 11 is 1.75. The first kappa shape index (κ1) is 12.0. The summed E-state index contributed by atoms with van der Waals surface area (Å²) in [7, 11) is 0. The predicted molar refractivity (Wildman–Crippen MR) is 80.0 cm³/mol. The van der Waals surface area contributed by atoms with Gasteiger partial charge in [0.05, 0.1) is 5.52 Å². The molecule has 0 unspecified atom stereocenters. The van der Waals surface area contributed by atoms with Gasteiger partial charge in [-0.05, 0) is 35.9 Å². The van der Waals surface area contributed by atoms with Crippen molar-refractivity contribution < 1.29 is 0 Å². The van der Waals surface area contributed by atoms with Gasteiger partial charge in [0.25, 0.3) is 0 Å². The maximum Gasteiger partial charge on any atom is 0.123 e. The van der Waals surface area contributed by atoms with Gasteiger partial charge in [-0.15, -0.1) is 11.8 Å². The van der Waals surface area contributed by atoms with E-state index < -0.39 is 0 Å². The lowest BCUT2D eigenvalue weighted by Gasteiger charge is -2.04. The molecule has 3 nitrogen and oxygen atoms in total. The van der Waals surface area contributed by atoms with E-state index >= 15 is 0 Å². The van der Waals surface area contributed by atoms with Crippen molar-refractivity contribution >= 4 is 28.5 Å². The van der Waals surface area contributed by atoms with E-state index in [0.717, 1.165) is 16.2 Å². The second-order valence-corrected chi connectivity index (χ2v) is 5.29. The van der Waals surface area contributed by atoms with Crippen molar-refractivity contribution in [2.75, 3.05) is 5.73 Å². The number of aromatic nitrogens is 2. The number of fused-ring (bicyclic) bond motifs is 1. The molecule has 0 saturated carbocycles. The molecule has 0 fully saturated rings. The van der Waals surface area contributed by atoms with E-state index in [9.17, 15) is 0 Å². The first-order chi connectivity index (χ1) is 9.31. The molecule has 0 aliphatic rings. The normalized spacial score (nSPS) is 10.7. The fourth-order valence-electron chi connectivity index (χ4n) is 1.86. The molecule has 0 saturated heterocycles. The van der Waals surface area contributed by atoms with Crippen LogP contribution in [0.5, 0.6) is 0 Å². The Morgan fingerprint density at radius 1 is 1.05 bits per heavy atom. The summed E-state index contributed by atoms with van der Waals surface area (Å²) in [5.41, 5.74) is 7.88. The van der Waals surface area contributed by atoms with Crippen LogP contribution in [0.3, 0.4) is 0 Å². The number of benzene rings is 1. The molecular weight excluding hydrogens is 254 g/mol. The molecule has 2 aromatic heterocycles. The lowest BCUT2D eigenvalue weighted by Crippen LogP contribution is -1.88. The van der Waals surface area contributed by atoms with Crippen LogP contribution in [-0.2, 0) is 5.75 Å². The minimum atomic E-state index is 0.557. The average Bonchev–Trinajstić information content (AvgIpc) is 2.46. The van der Waals surface area contributed by atoms with Crippen LogP contribution in [0.15, 0.2) is 59.8 Å². The Morgan fingerprint density at radius 2 is 2.00 bits per heavy atom. The molecule has 0 bridgehead atoms. The van der Waals surface area contributed by atoms with Crippen molar-refractivity contribution in [2.45, 2.75) is 10.6 Å². The highest BCUT2D eigenvalue weighted by molar-refractivity contribution is 7.98. The van der Waals surface area contributed by atoms with E-state index in [4.69, 9.17) is 5.73 Å². The lowest BCUT2D eigenvalue weighted by atomic mass is 10.1. The van der Waals surface area contributed by atoms with Crippen molar-refractivity contribution in [3.05, 3.63) is 60.4 Å². The third-order valence-corrected chi connectivity index (χ3v) is 3.88. The van der Waals surface area contributed by atoms with Gasteiger partial charge in [-0.2, -0.15) is 0 Å². The van der Waals surface area contributed by atoms with Crippen LogP contribution in [-0.4, -0.2) is 9.97 Å². The van der Waals surface area contributed by atoms with Gasteiger partial charge < -0.3 is 5.73 Å². The van der Waals surface area contributed by atoms with Crippen LogP contribution in [0.2, 0.25) is 0 Å². The molecule has 0 aliphatic heterocycles. The van der Waals surface area contributed by atoms with Crippen LogP contribution in [0.1, 0.15) is 5.56 Å². The molecule has 0 radical (unpaired) electrons. The zero-order chi connectivity index (χ0) is 13.1. The molecule has 4 heteroatoms. The summed E-state index contributed by atoms with van der Waals surface area (Å²) in [5, 5.41) is 1.18. The van der Waals surface area contributed by atoms with E-state index in [-0.39, 0.29) is 0 Å². The number of hydrogen-bond acceptors (Lipinski definition) is 4. The quantitative estimate of drug-likeness (QED) is 0.738. The third-order valence-electron chi connectivity index (χ3n) is 2.83. The van der Waals surface area contributed by atoms with Gasteiger partial charge in [-0.1, -0.05) is 12.1 Å². The molecule has 2 heterocycles. The molecule has 1 aromatic carbocycles. The van der Waals surface area contributed by atoms with E-state index in [0.29, 0.717) is 5.82 Å². The number of nitrogens with two attached hydrogens (primary N) is 1. The van der Waals surface area contributed by atoms with Gasteiger partial charge >= 0.3 is 0 Å².